The molecule has 0 aliphatic carbocycles. The van der Waals surface area contributed by atoms with Gasteiger partial charge in [0.05, 0.1) is 19.5 Å². The Bertz CT molecular complexity index is 1070. The van der Waals surface area contributed by atoms with Crippen LogP contribution in [0.3, 0.4) is 0 Å². The molecule has 0 radical (unpaired) electrons. The Morgan fingerprint density at radius 3 is 2.17 bits per heavy atom. The monoisotopic (exact) mass is 473 g/mol. The molecule has 0 aliphatic heterocycles. The van der Waals surface area contributed by atoms with Crippen molar-refractivity contribution in [3.63, 3.8) is 0 Å². The largest absolute Gasteiger partial charge is 0.248 e. The van der Waals surface area contributed by atoms with Crippen molar-refractivity contribution in [1.82, 2.24) is 0 Å². The summed E-state index contributed by atoms with van der Waals surface area (Å²) in [5, 5.41) is 1.32. The third-order valence-electron chi connectivity index (χ3n) is 4.25. The number of halogens is 3. The molecule has 0 spiro atoms. The van der Waals surface area contributed by atoms with Crippen LogP contribution in [0.15, 0.2) is 93.3 Å². The van der Waals surface area contributed by atoms with E-state index in [2.05, 4.69) is 25.7 Å². The standard InChI is InChI=1S/C24H22Cl2FNSSi/c1-30(2,3)24(29-22-13-11-20(27)12-14-22)16-23(17-7-9-18(25)10-8-17)28-21-6-4-5-19(26)15-21/h4-16H,1-3H3/b24-16+,28-23-. The highest BCUT2D eigenvalue weighted by Crippen LogP contribution is 2.34. The second-order valence-electron chi connectivity index (χ2n) is 7.80. The molecule has 0 fully saturated rings. The molecule has 0 saturated heterocycles. The Balaban J connectivity index is 2.10. The normalized spacial score (nSPS) is 12.9. The minimum absolute atomic E-state index is 0.234. The molecule has 6 heteroatoms. The van der Waals surface area contributed by atoms with Crippen LogP contribution >= 0.6 is 35.0 Å². The number of benzene rings is 3. The van der Waals surface area contributed by atoms with Gasteiger partial charge in [0.25, 0.3) is 0 Å². The second-order valence-corrected chi connectivity index (χ2v) is 15.2. The van der Waals surface area contributed by atoms with Crippen LogP contribution in [-0.4, -0.2) is 13.8 Å². The average Bonchev–Trinajstić information content (AvgIpc) is 2.68. The lowest BCUT2D eigenvalue weighted by Crippen LogP contribution is -2.23. The number of hydrogen-bond acceptors (Lipinski definition) is 2. The molecule has 0 N–H and O–H groups in total. The summed E-state index contributed by atoms with van der Waals surface area (Å²) < 4.78 is 14.6. The third-order valence-corrected chi connectivity index (χ3v) is 9.34. The van der Waals surface area contributed by atoms with Crippen molar-refractivity contribution >= 4 is 54.4 Å². The maximum Gasteiger partial charge on any atom is 0.123 e. The fraction of sp³-hybridized carbons (Fsp3) is 0.125. The van der Waals surface area contributed by atoms with Crippen molar-refractivity contribution in [3.8, 4) is 0 Å². The number of nitrogens with zero attached hydrogens (tertiary/aromatic N) is 1. The SMILES string of the molecule is C[Si](C)(C)/C(=C/C(=N/c1cccc(Cl)c1)c1ccc(Cl)cc1)Sc1ccc(F)cc1. The first-order valence-corrected chi connectivity index (χ1v) is 14.5. The third kappa shape index (κ3) is 6.58. The summed E-state index contributed by atoms with van der Waals surface area (Å²) >= 11 is 13.9. The molecule has 0 atom stereocenters. The van der Waals surface area contributed by atoms with Crippen LogP contribution in [0.4, 0.5) is 10.1 Å². The summed E-state index contributed by atoms with van der Waals surface area (Å²) in [5.41, 5.74) is 2.58. The molecule has 3 rings (SSSR count). The highest BCUT2D eigenvalue weighted by Gasteiger charge is 2.22. The van der Waals surface area contributed by atoms with Gasteiger partial charge in [-0.15, -0.1) is 0 Å². The smallest absolute Gasteiger partial charge is 0.123 e. The summed E-state index contributed by atoms with van der Waals surface area (Å²) in [6.07, 6.45) is 2.14. The zero-order valence-electron chi connectivity index (χ0n) is 17.0. The molecular formula is C24H22Cl2FNSSi. The Labute approximate surface area is 192 Å². The highest BCUT2D eigenvalue weighted by atomic mass is 35.5. The van der Waals surface area contributed by atoms with Gasteiger partial charge in [-0.3, -0.25) is 0 Å². The van der Waals surface area contributed by atoms with Crippen LogP contribution in [0, 0.1) is 5.82 Å². The number of thioether (sulfide) groups is 1. The van der Waals surface area contributed by atoms with Crippen LogP contribution in [0.25, 0.3) is 0 Å². The zero-order valence-corrected chi connectivity index (χ0v) is 20.3. The van der Waals surface area contributed by atoms with E-state index in [4.69, 9.17) is 28.2 Å². The van der Waals surface area contributed by atoms with Crippen molar-refractivity contribution < 1.29 is 4.39 Å². The quantitative estimate of drug-likeness (QED) is 0.198. The molecule has 1 nitrogen and oxygen atoms in total. The molecule has 154 valence electrons. The first-order chi connectivity index (χ1) is 14.2. The molecule has 0 aromatic heterocycles. The molecule has 30 heavy (non-hydrogen) atoms. The van der Waals surface area contributed by atoms with Gasteiger partial charge in [0.1, 0.15) is 5.82 Å². The summed E-state index contributed by atoms with van der Waals surface area (Å²) in [5.74, 6) is -0.234. The van der Waals surface area contributed by atoms with Crippen molar-refractivity contribution in [2.24, 2.45) is 4.99 Å². The van der Waals surface area contributed by atoms with E-state index in [9.17, 15) is 4.39 Å². The van der Waals surface area contributed by atoms with Gasteiger partial charge >= 0.3 is 0 Å². The fourth-order valence-electron chi connectivity index (χ4n) is 2.64. The molecular weight excluding hydrogens is 452 g/mol. The number of aliphatic imine (C=N–C) groups is 1. The Kier molecular flexibility index (Phi) is 7.58. The fourth-order valence-corrected chi connectivity index (χ4v) is 5.79. The first-order valence-electron chi connectivity index (χ1n) is 9.46. The van der Waals surface area contributed by atoms with Gasteiger partial charge in [0, 0.05) is 20.5 Å². The van der Waals surface area contributed by atoms with E-state index in [1.165, 1.54) is 16.7 Å². The Morgan fingerprint density at radius 2 is 1.57 bits per heavy atom. The number of hydrogen-bond donors (Lipinski definition) is 0. The highest BCUT2D eigenvalue weighted by molar-refractivity contribution is 8.05. The summed E-state index contributed by atoms with van der Waals surface area (Å²) in [4.78, 5) is 5.89. The minimum Gasteiger partial charge on any atom is -0.248 e. The van der Waals surface area contributed by atoms with Gasteiger partial charge in [0.15, 0.2) is 0 Å². The van der Waals surface area contributed by atoms with Crippen LogP contribution in [-0.2, 0) is 0 Å². The van der Waals surface area contributed by atoms with E-state index in [1.54, 1.807) is 11.8 Å². The molecule has 0 amide bonds. The number of rotatable bonds is 6. The summed E-state index contributed by atoms with van der Waals surface area (Å²) in [7, 11) is -1.72. The van der Waals surface area contributed by atoms with Gasteiger partial charge in [-0.2, -0.15) is 0 Å². The van der Waals surface area contributed by atoms with Crippen molar-refractivity contribution in [2.75, 3.05) is 0 Å². The van der Waals surface area contributed by atoms with E-state index in [-0.39, 0.29) is 5.82 Å². The van der Waals surface area contributed by atoms with Crippen LogP contribution in [0.1, 0.15) is 5.56 Å². The summed E-state index contributed by atoms with van der Waals surface area (Å²) in [6, 6.07) is 21.7. The molecule has 0 bridgehead atoms. The van der Waals surface area contributed by atoms with Crippen molar-refractivity contribution in [3.05, 3.63) is 105 Å². The van der Waals surface area contributed by atoms with E-state index >= 15 is 0 Å². The average molecular weight is 475 g/mol. The summed E-state index contributed by atoms with van der Waals surface area (Å²) in [6.45, 7) is 6.86. The second kappa shape index (κ2) is 9.97. The predicted octanol–water partition coefficient (Wildman–Crippen LogP) is 8.81. The lowest BCUT2D eigenvalue weighted by atomic mass is 10.1. The predicted molar refractivity (Wildman–Crippen MR) is 133 cm³/mol. The van der Waals surface area contributed by atoms with Gasteiger partial charge in [0.2, 0.25) is 0 Å². The van der Waals surface area contributed by atoms with Gasteiger partial charge in [-0.05, 0) is 65.2 Å². The van der Waals surface area contributed by atoms with E-state index in [1.807, 2.05) is 60.7 Å². The molecule has 0 saturated carbocycles. The molecule has 3 aromatic rings. The van der Waals surface area contributed by atoms with Gasteiger partial charge in [-0.1, -0.05) is 72.8 Å². The van der Waals surface area contributed by atoms with Crippen molar-refractivity contribution in [2.45, 2.75) is 24.5 Å². The maximum atomic E-state index is 13.3. The minimum atomic E-state index is -1.72. The van der Waals surface area contributed by atoms with E-state index in [0.29, 0.717) is 10.0 Å². The van der Waals surface area contributed by atoms with Crippen LogP contribution in [0.5, 0.6) is 0 Å². The Morgan fingerprint density at radius 1 is 0.900 bits per heavy atom. The van der Waals surface area contributed by atoms with Crippen molar-refractivity contribution in [1.29, 1.82) is 0 Å². The maximum absolute atomic E-state index is 13.3. The van der Waals surface area contributed by atoms with E-state index in [0.717, 1.165) is 21.9 Å². The Hall–Kier alpha value is -1.85. The molecule has 0 aliphatic rings. The van der Waals surface area contributed by atoms with Crippen LogP contribution < -0.4 is 0 Å². The van der Waals surface area contributed by atoms with E-state index < -0.39 is 8.07 Å². The van der Waals surface area contributed by atoms with Gasteiger partial charge in [-0.25, -0.2) is 9.38 Å². The zero-order chi connectivity index (χ0) is 21.7. The topological polar surface area (TPSA) is 12.4 Å². The molecule has 0 heterocycles. The number of allylic oxidation sites excluding steroid dienone is 1. The molecule has 0 unspecified atom stereocenters. The lowest BCUT2D eigenvalue weighted by molar-refractivity contribution is 0.626. The lowest BCUT2D eigenvalue weighted by Gasteiger charge is -2.21. The molecule has 3 aromatic carbocycles. The van der Waals surface area contributed by atoms with Gasteiger partial charge < -0.3 is 0 Å². The van der Waals surface area contributed by atoms with Crippen LogP contribution in [0.2, 0.25) is 29.7 Å². The first kappa shape index (κ1) is 22.8.